The van der Waals surface area contributed by atoms with Crippen LogP contribution in [0.2, 0.25) is 0 Å². The van der Waals surface area contributed by atoms with E-state index in [1.807, 2.05) is 30.3 Å². The van der Waals surface area contributed by atoms with E-state index in [0.717, 1.165) is 31.6 Å². The molecular weight excluding hydrogens is 453 g/mol. The van der Waals surface area contributed by atoms with Crippen LogP contribution in [0.4, 0.5) is 0 Å². The molecule has 1 unspecified atom stereocenters. The smallest absolute Gasteiger partial charge is 0.191 e. The van der Waals surface area contributed by atoms with Crippen molar-refractivity contribution in [2.45, 2.75) is 31.1 Å². The third kappa shape index (κ3) is 8.87. The van der Waals surface area contributed by atoms with Gasteiger partial charge >= 0.3 is 0 Å². The minimum Gasteiger partial charge on any atom is -0.376 e. The van der Waals surface area contributed by atoms with Gasteiger partial charge in [0.05, 0.1) is 17.6 Å². The van der Waals surface area contributed by atoms with Gasteiger partial charge in [-0.2, -0.15) is 0 Å². The largest absolute Gasteiger partial charge is 0.376 e. The van der Waals surface area contributed by atoms with E-state index in [1.165, 1.54) is 0 Å². The lowest BCUT2D eigenvalue weighted by molar-refractivity contribution is 0.114. The summed E-state index contributed by atoms with van der Waals surface area (Å²) in [4.78, 5) is 4.14. The molecule has 0 aromatic heterocycles. The average Bonchev–Trinajstić information content (AvgIpc) is 3.08. The topological polar surface area (TPSA) is 79.8 Å². The zero-order valence-corrected chi connectivity index (χ0v) is 17.8. The van der Waals surface area contributed by atoms with Gasteiger partial charge in [0.25, 0.3) is 0 Å². The predicted molar refractivity (Wildman–Crippen MR) is 112 cm³/mol. The number of nitrogens with one attached hydrogen (secondary N) is 2. The van der Waals surface area contributed by atoms with Crippen LogP contribution in [0.5, 0.6) is 0 Å². The van der Waals surface area contributed by atoms with E-state index in [-0.39, 0.29) is 41.6 Å². The number of sulfone groups is 1. The van der Waals surface area contributed by atoms with E-state index in [1.54, 1.807) is 7.05 Å². The van der Waals surface area contributed by atoms with Crippen molar-refractivity contribution in [3.63, 3.8) is 0 Å². The zero-order chi connectivity index (χ0) is 17.3. The molecule has 2 N–H and O–H groups in total. The van der Waals surface area contributed by atoms with Crippen LogP contribution in [0.15, 0.2) is 35.3 Å². The Labute approximate surface area is 167 Å². The lowest BCUT2D eigenvalue weighted by Crippen LogP contribution is -2.41. The van der Waals surface area contributed by atoms with E-state index in [4.69, 9.17) is 4.74 Å². The zero-order valence-electron chi connectivity index (χ0n) is 14.6. The van der Waals surface area contributed by atoms with Gasteiger partial charge in [-0.25, -0.2) is 8.42 Å². The molecule has 6 nitrogen and oxygen atoms in total. The fourth-order valence-electron chi connectivity index (χ4n) is 2.64. The van der Waals surface area contributed by atoms with Gasteiger partial charge < -0.3 is 15.4 Å². The number of aliphatic imine (C=N–C) groups is 1. The van der Waals surface area contributed by atoms with Crippen molar-refractivity contribution in [2.75, 3.05) is 32.5 Å². The standard InChI is InChI=1S/C17H27N3O3S.HI/c1-18-17(20-13-16-9-5-11-23-16)19-10-6-12-24(21,22)14-15-7-3-2-4-8-15;/h2-4,7-8,16H,5-6,9-14H2,1H3,(H2,18,19,20);1H. The second kappa shape index (κ2) is 11.7. The molecule has 0 spiro atoms. The highest BCUT2D eigenvalue weighted by Gasteiger charge is 2.15. The van der Waals surface area contributed by atoms with Gasteiger partial charge in [-0.15, -0.1) is 24.0 Å². The number of guanidine groups is 1. The Morgan fingerprint density at radius 3 is 2.68 bits per heavy atom. The highest BCUT2D eigenvalue weighted by atomic mass is 127. The van der Waals surface area contributed by atoms with Crippen LogP contribution in [0.25, 0.3) is 0 Å². The fraction of sp³-hybridized carbons (Fsp3) is 0.588. The molecule has 2 rings (SSSR count). The van der Waals surface area contributed by atoms with Gasteiger partial charge in [0.1, 0.15) is 0 Å². The second-order valence-electron chi connectivity index (χ2n) is 5.95. The van der Waals surface area contributed by atoms with E-state index >= 15 is 0 Å². The molecule has 0 aliphatic carbocycles. The molecule has 8 heteroatoms. The third-order valence-corrected chi connectivity index (χ3v) is 5.58. The maximum atomic E-state index is 12.1. The summed E-state index contributed by atoms with van der Waals surface area (Å²) in [5, 5.41) is 6.36. The van der Waals surface area contributed by atoms with Crippen molar-refractivity contribution >= 4 is 39.8 Å². The van der Waals surface area contributed by atoms with E-state index in [2.05, 4.69) is 15.6 Å². The van der Waals surface area contributed by atoms with Crippen molar-refractivity contribution in [3.05, 3.63) is 35.9 Å². The normalized spacial score (nSPS) is 17.8. The molecule has 0 bridgehead atoms. The summed E-state index contributed by atoms with van der Waals surface area (Å²) in [5.74, 6) is 0.947. The number of benzene rings is 1. The monoisotopic (exact) mass is 481 g/mol. The summed E-state index contributed by atoms with van der Waals surface area (Å²) in [7, 11) is -1.38. The molecule has 1 saturated heterocycles. The Hall–Kier alpha value is -0.870. The fourth-order valence-corrected chi connectivity index (χ4v) is 4.06. The molecule has 142 valence electrons. The molecule has 1 fully saturated rings. The molecular formula is C17H28IN3O3S. The van der Waals surface area contributed by atoms with Gasteiger partial charge in [0, 0.05) is 26.7 Å². The van der Waals surface area contributed by atoms with Gasteiger partial charge in [0.15, 0.2) is 15.8 Å². The lowest BCUT2D eigenvalue weighted by Gasteiger charge is -2.15. The Morgan fingerprint density at radius 2 is 2.04 bits per heavy atom. The van der Waals surface area contributed by atoms with Crippen molar-refractivity contribution < 1.29 is 13.2 Å². The minimum absolute atomic E-state index is 0. The number of nitrogens with zero attached hydrogens (tertiary/aromatic N) is 1. The first-order chi connectivity index (χ1) is 11.6. The van der Waals surface area contributed by atoms with Crippen LogP contribution in [0.1, 0.15) is 24.8 Å². The van der Waals surface area contributed by atoms with E-state index < -0.39 is 9.84 Å². The molecule has 0 saturated carbocycles. The number of halogens is 1. The Morgan fingerprint density at radius 1 is 1.28 bits per heavy atom. The van der Waals surface area contributed by atoms with Gasteiger partial charge in [-0.1, -0.05) is 30.3 Å². The van der Waals surface area contributed by atoms with E-state index in [0.29, 0.717) is 18.9 Å². The maximum Gasteiger partial charge on any atom is 0.191 e. The molecule has 1 aliphatic rings. The van der Waals surface area contributed by atoms with Crippen LogP contribution >= 0.6 is 24.0 Å². The first kappa shape index (κ1) is 22.2. The molecule has 0 amide bonds. The van der Waals surface area contributed by atoms with Gasteiger partial charge in [-0.05, 0) is 24.8 Å². The summed E-state index contributed by atoms with van der Waals surface area (Å²) in [5.41, 5.74) is 0.833. The summed E-state index contributed by atoms with van der Waals surface area (Å²) >= 11 is 0. The van der Waals surface area contributed by atoms with E-state index in [9.17, 15) is 8.42 Å². The van der Waals surface area contributed by atoms with Crippen molar-refractivity contribution in [3.8, 4) is 0 Å². The Bertz CT molecular complexity index is 617. The predicted octanol–water partition coefficient (Wildman–Crippen LogP) is 1.95. The van der Waals surface area contributed by atoms with Crippen molar-refractivity contribution in [1.82, 2.24) is 10.6 Å². The van der Waals surface area contributed by atoms with Crippen LogP contribution < -0.4 is 10.6 Å². The highest BCUT2D eigenvalue weighted by Crippen LogP contribution is 2.10. The lowest BCUT2D eigenvalue weighted by atomic mass is 10.2. The number of hydrogen-bond donors (Lipinski definition) is 2. The summed E-state index contributed by atoms with van der Waals surface area (Å²) in [6.45, 7) is 2.13. The molecule has 1 aromatic rings. The quantitative estimate of drug-likeness (QED) is 0.257. The molecule has 1 aromatic carbocycles. The SMILES string of the molecule is CN=C(NCCCS(=O)(=O)Cc1ccccc1)NCC1CCCO1.I. The average molecular weight is 481 g/mol. The van der Waals surface area contributed by atoms with Crippen molar-refractivity contribution in [2.24, 2.45) is 4.99 Å². The Kier molecular flexibility index (Phi) is 10.4. The van der Waals surface area contributed by atoms with Crippen LogP contribution in [0, 0.1) is 0 Å². The molecule has 1 heterocycles. The maximum absolute atomic E-state index is 12.1. The second-order valence-corrected chi connectivity index (χ2v) is 8.13. The molecule has 25 heavy (non-hydrogen) atoms. The summed E-state index contributed by atoms with van der Waals surface area (Å²) < 4.78 is 29.8. The number of ether oxygens (including phenoxy) is 1. The van der Waals surface area contributed by atoms with Crippen molar-refractivity contribution in [1.29, 1.82) is 0 Å². The summed E-state index contributed by atoms with van der Waals surface area (Å²) in [6.07, 6.45) is 2.98. The first-order valence-electron chi connectivity index (χ1n) is 8.39. The molecule has 1 aliphatic heterocycles. The third-order valence-electron chi connectivity index (χ3n) is 3.90. The van der Waals surface area contributed by atoms with Crippen LogP contribution in [-0.2, 0) is 20.3 Å². The Balaban J connectivity index is 0.00000312. The van der Waals surface area contributed by atoms with Crippen LogP contribution in [-0.4, -0.2) is 53.0 Å². The summed E-state index contributed by atoms with van der Waals surface area (Å²) in [6, 6.07) is 9.28. The van der Waals surface area contributed by atoms with Crippen LogP contribution in [0.3, 0.4) is 0 Å². The first-order valence-corrected chi connectivity index (χ1v) is 10.2. The highest BCUT2D eigenvalue weighted by molar-refractivity contribution is 14.0. The number of rotatable bonds is 8. The minimum atomic E-state index is -3.08. The van der Waals surface area contributed by atoms with Gasteiger partial charge in [-0.3, -0.25) is 4.99 Å². The molecule has 1 atom stereocenters. The van der Waals surface area contributed by atoms with Gasteiger partial charge in [0.2, 0.25) is 0 Å². The number of hydrogen-bond acceptors (Lipinski definition) is 4. The molecule has 0 radical (unpaired) electrons.